The first-order valence-electron chi connectivity index (χ1n) is 19.8. The molecule has 2 atom stereocenters. The molecule has 2 bridgehead atoms. The van der Waals surface area contributed by atoms with Gasteiger partial charge >= 0.3 is 7.82 Å². The average Bonchev–Trinajstić information content (AvgIpc) is 3.27. The molecule has 0 saturated carbocycles. The molecule has 5 heteroatoms. The summed E-state index contributed by atoms with van der Waals surface area (Å²) in [6.07, 6.45) is -0.571. The van der Waals surface area contributed by atoms with Gasteiger partial charge in [-0.25, -0.2) is 4.57 Å². The van der Waals surface area contributed by atoms with Gasteiger partial charge < -0.3 is 9.05 Å². The zero-order valence-electron chi connectivity index (χ0n) is 33.6. The molecule has 2 heterocycles. The minimum atomic E-state index is -4.29. The van der Waals surface area contributed by atoms with Crippen molar-refractivity contribution in [2.24, 2.45) is 0 Å². The van der Waals surface area contributed by atoms with Crippen LogP contribution in [-0.4, -0.2) is 0 Å². The highest BCUT2D eigenvalue weighted by atomic mass is 31.2. The lowest BCUT2D eigenvalue weighted by Gasteiger charge is -2.30. The lowest BCUT2D eigenvalue weighted by Crippen LogP contribution is -2.14. The normalized spacial score (nSPS) is 17.8. The fourth-order valence-electron chi connectivity index (χ4n) is 8.65. The third-order valence-corrected chi connectivity index (χ3v) is 13.0. The van der Waals surface area contributed by atoms with Crippen molar-refractivity contribution in [1.82, 2.24) is 0 Å². The summed E-state index contributed by atoms with van der Waals surface area (Å²) in [5, 5.41) is 4.19. The van der Waals surface area contributed by atoms with Crippen molar-refractivity contribution >= 4 is 29.4 Å². The van der Waals surface area contributed by atoms with Crippen LogP contribution >= 0.6 is 7.82 Å². The van der Waals surface area contributed by atoms with E-state index >= 15 is 4.57 Å². The quantitative estimate of drug-likeness (QED) is 0.160. The molecule has 2 unspecified atom stereocenters. The Balaban J connectivity index is 1.61. The maximum absolute atomic E-state index is 15.6. The lowest BCUT2D eigenvalue weighted by atomic mass is 9.79. The molecule has 4 nitrogen and oxygen atoms in total. The van der Waals surface area contributed by atoms with Gasteiger partial charge in [0.05, 0.1) is 6.10 Å². The predicted octanol–water partition coefficient (Wildman–Crippen LogP) is 15.6. The van der Waals surface area contributed by atoms with E-state index < -0.39 is 13.9 Å². The van der Waals surface area contributed by atoms with Gasteiger partial charge in [-0.3, -0.25) is 4.52 Å². The number of fused-ring (bicyclic) bond motifs is 9. The van der Waals surface area contributed by atoms with Crippen LogP contribution in [-0.2, 0) is 9.09 Å². The smallest absolute Gasteiger partial charge is 0.394 e. The molecule has 6 aromatic rings. The molecule has 0 fully saturated rings. The van der Waals surface area contributed by atoms with Crippen LogP contribution < -0.4 is 9.05 Å². The molecule has 0 aliphatic carbocycles. The fourth-order valence-corrected chi connectivity index (χ4v) is 10.1. The molecule has 8 rings (SSSR count). The Morgan fingerprint density at radius 3 is 1.35 bits per heavy atom. The summed E-state index contributed by atoms with van der Waals surface area (Å²) in [5.41, 5.74) is 13.1. The van der Waals surface area contributed by atoms with Crippen LogP contribution in [0.3, 0.4) is 0 Å². The monoisotopic (exact) mass is 736 g/mol. The van der Waals surface area contributed by atoms with Gasteiger partial charge in [0, 0.05) is 22.3 Å². The van der Waals surface area contributed by atoms with Crippen molar-refractivity contribution in [1.29, 1.82) is 0 Å². The second-order valence-corrected chi connectivity index (χ2v) is 18.5. The van der Waals surface area contributed by atoms with E-state index in [2.05, 4.69) is 154 Å². The molecule has 0 N–H and O–H groups in total. The Morgan fingerprint density at radius 1 is 0.500 bits per heavy atom. The zero-order chi connectivity index (χ0) is 38.4. The van der Waals surface area contributed by atoms with E-state index in [-0.39, 0.29) is 17.8 Å². The first kappa shape index (κ1) is 36.6. The highest BCUT2D eigenvalue weighted by molar-refractivity contribution is 7.49. The Morgan fingerprint density at radius 2 is 0.907 bits per heavy atom. The number of hydrogen-bond acceptors (Lipinski definition) is 4. The van der Waals surface area contributed by atoms with Crippen molar-refractivity contribution in [3.8, 4) is 44.9 Å². The molecule has 0 amide bonds. The summed E-state index contributed by atoms with van der Waals surface area (Å²) in [6.45, 7) is 24.5. The average molecular weight is 737 g/mol. The maximum Gasteiger partial charge on any atom is 0.588 e. The van der Waals surface area contributed by atoms with Crippen LogP contribution in [0.1, 0.15) is 145 Å². The first-order chi connectivity index (χ1) is 25.7. The van der Waals surface area contributed by atoms with Gasteiger partial charge in [0.15, 0.2) is 0 Å². The van der Waals surface area contributed by atoms with Crippen molar-refractivity contribution in [3.05, 3.63) is 118 Å². The lowest BCUT2D eigenvalue weighted by molar-refractivity contribution is 0.156. The Hall–Kier alpha value is -4.37. The van der Waals surface area contributed by atoms with Gasteiger partial charge in [-0.05, 0) is 115 Å². The number of phosphoric acid groups is 1. The minimum Gasteiger partial charge on any atom is -0.394 e. The molecule has 0 aromatic heterocycles. The van der Waals surface area contributed by atoms with Crippen LogP contribution in [0.15, 0.2) is 84.9 Å². The Labute approximate surface area is 321 Å². The van der Waals surface area contributed by atoms with E-state index in [9.17, 15) is 0 Å². The van der Waals surface area contributed by atoms with Gasteiger partial charge in [-0.2, -0.15) is 0 Å². The molecular formula is C49H53O4P. The van der Waals surface area contributed by atoms with Crippen LogP contribution in [0.4, 0.5) is 0 Å². The second kappa shape index (κ2) is 13.4. The largest absolute Gasteiger partial charge is 0.588 e. The van der Waals surface area contributed by atoms with E-state index in [1.165, 1.54) is 27.8 Å². The van der Waals surface area contributed by atoms with Crippen molar-refractivity contribution in [2.75, 3.05) is 0 Å². The first-order valence-corrected chi connectivity index (χ1v) is 21.3. The molecule has 6 aromatic carbocycles. The van der Waals surface area contributed by atoms with Crippen LogP contribution in [0.25, 0.3) is 54.9 Å². The molecule has 2 aliphatic rings. The molecule has 54 heavy (non-hydrogen) atoms. The van der Waals surface area contributed by atoms with Crippen molar-refractivity contribution < 1.29 is 18.1 Å². The summed E-state index contributed by atoms with van der Waals surface area (Å²) in [5.74, 6) is 2.44. The zero-order valence-corrected chi connectivity index (χ0v) is 34.5. The van der Waals surface area contributed by atoms with Crippen molar-refractivity contribution in [3.63, 3.8) is 0 Å². The molecule has 2 aliphatic heterocycles. The molecule has 0 saturated heterocycles. The number of hydrogen-bond donors (Lipinski definition) is 0. The third-order valence-electron chi connectivity index (χ3n) is 11.6. The highest BCUT2D eigenvalue weighted by Crippen LogP contribution is 2.67. The number of phosphoric ester groups is 1. The van der Waals surface area contributed by atoms with Crippen LogP contribution in [0, 0.1) is 0 Å². The number of rotatable bonds is 6. The summed E-state index contributed by atoms with van der Waals surface area (Å²) < 4.78 is 36.1. The molecular weight excluding hydrogens is 684 g/mol. The van der Waals surface area contributed by atoms with E-state index in [1.54, 1.807) is 0 Å². The van der Waals surface area contributed by atoms with Gasteiger partial charge in [0.1, 0.15) is 11.5 Å². The summed E-state index contributed by atoms with van der Waals surface area (Å²) >= 11 is 0. The Bertz CT molecular complexity index is 2490. The van der Waals surface area contributed by atoms with Gasteiger partial charge in [-0.15, -0.1) is 0 Å². The van der Waals surface area contributed by atoms with Crippen LogP contribution in [0.2, 0.25) is 0 Å². The van der Waals surface area contributed by atoms with Gasteiger partial charge in [0.2, 0.25) is 0 Å². The van der Waals surface area contributed by atoms with Gasteiger partial charge in [-0.1, -0.05) is 142 Å². The standard InChI is InChI=1S/C49H53O4P/c1-26(2)34-22-38(28(5)6)44(39(23-34)29(7)8)42-20-32-16-12-14-18-36(32)46-47-37-19-15-13-17-33(37)21-43-45-40(30(9)10)24-35(27(3)4)25-41(45)31(11)51-54(50,52-48(42)46)53-49(43)47/h12-31H,1-11H3. The highest BCUT2D eigenvalue weighted by Gasteiger charge is 2.44. The van der Waals surface area contributed by atoms with E-state index in [1.807, 2.05) is 6.92 Å². The fraction of sp³-hybridized carbons (Fsp3) is 0.347. The second-order valence-electron chi connectivity index (χ2n) is 17.0. The predicted molar refractivity (Wildman–Crippen MR) is 227 cm³/mol. The van der Waals surface area contributed by atoms with Crippen molar-refractivity contribution in [2.45, 2.75) is 112 Å². The molecule has 0 radical (unpaired) electrons. The summed E-state index contributed by atoms with van der Waals surface area (Å²) in [6, 6.07) is 30.8. The topological polar surface area (TPSA) is 44.8 Å². The maximum atomic E-state index is 15.6. The van der Waals surface area contributed by atoms with Gasteiger partial charge in [0.25, 0.3) is 0 Å². The SMILES string of the molecule is CC(C)c1cc(C(C)C)c(-c2cc3ccccc3c3c2OP2(=O)Oc4c(cc5ccccc5c4-3)-c3c(C(C)C)cc(C(C)C)cc3C(C)O2)c(C(C)C)c1. The third kappa shape index (κ3) is 5.89. The molecule has 278 valence electrons. The van der Waals surface area contributed by atoms with Crippen LogP contribution in [0.5, 0.6) is 11.5 Å². The summed E-state index contributed by atoms with van der Waals surface area (Å²) in [7, 11) is -4.29. The summed E-state index contributed by atoms with van der Waals surface area (Å²) in [4.78, 5) is 0. The minimum absolute atomic E-state index is 0.220. The van der Waals surface area contributed by atoms with E-state index in [4.69, 9.17) is 13.6 Å². The Kier molecular flexibility index (Phi) is 9.10. The van der Waals surface area contributed by atoms with E-state index in [0.717, 1.165) is 60.5 Å². The molecule has 0 spiro atoms. The number of benzene rings is 6. The van der Waals surface area contributed by atoms with E-state index in [0.29, 0.717) is 23.3 Å².